The molecule has 2 aromatic rings. The third kappa shape index (κ3) is 4.79. The number of ether oxygens (including phenoxy) is 1. The van der Waals surface area contributed by atoms with Gasteiger partial charge in [0.2, 0.25) is 0 Å². The molecule has 1 fully saturated rings. The zero-order valence-electron chi connectivity index (χ0n) is 16.1. The maximum absolute atomic E-state index is 12.4. The quantitative estimate of drug-likeness (QED) is 0.800. The number of carbonyl (C=O) groups is 3. The summed E-state index contributed by atoms with van der Waals surface area (Å²) in [6.07, 6.45) is 3.49. The lowest BCUT2D eigenvalue weighted by Gasteiger charge is -2.30. The fourth-order valence-electron chi connectivity index (χ4n) is 3.19. The zero-order valence-corrected chi connectivity index (χ0v) is 16.1. The van der Waals surface area contributed by atoms with E-state index in [-0.39, 0.29) is 23.8 Å². The van der Waals surface area contributed by atoms with Crippen LogP contribution in [0.1, 0.15) is 46.2 Å². The van der Waals surface area contributed by atoms with Gasteiger partial charge in [0.1, 0.15) is 0 Å². The molecule has 1 aliphatic rings. The summed E-state index contributed by atoms with van der Waals surface area (Å²) in [4.78, 5) is 38.5. The van der Waals surface area contributed by atoms with E-state index in [1.807, 2.05) is 6.92 Å². The number of rotatable bonds is 5. The van der Waals surface area contributed by atoms with Crippen molar-refractivity contribution in [2.75, 3.05) is 25.0 Å². The second kappa shape index (κ2) is 8.73. The third-order valence-corrected chi connectivity index (χ3v) is 4.80. The lowest BCUT2D eigenvalue weighted by Crippen LogP contribution is -2.41. The van der Waals surface area contributed by atoms with E-state index in [1.54, 1.807) is 29.2 Å². The molecule has 0 spiro atoms. The van der Waals surface area contributed by atoms with Gasteiger partial charge in [0.25, 0.3) is 11.8 Å². The molecule has 7 nitrogen and oxygen atoms in total. The Morgan fingerprint density at radius 1 is 1.29 bits per heavy atom. The first-order valence-corrected chi connectivity index (χ1v) is 9.34. The molecule has 0 unspecified atom stereocenters. The van der Waals surface area contributed by atoms with Crippen LogP contribution < -0.4 is 5.32 Å². The van der Waals surface area contributed by atoms with E-state index in [4.69, 9.17) is 9.15 Å². The molecule has 1 aromatic carbocycles. The van der Waals surface area contributed by atoms with Crippen molar-refractivity contribution in [2.24, 2.45) is 5.92 Å². The molecule has 2 amide bonds. The standard InChI is InChI=1S/C21H24N2O5/c1-14-5-3-9-23(12-14)19(24)13-28-21(26)16-8-7-15(2)17(11-16)22-20(25)18-6-4-10-27-18/h4,6-8,10-11,14H,3,5,9,12-13H2,1-2H3,(H,22,25)/t14-/m1/s1. The molecule has 1 aliphatic heterocycles. The molecule has 1 aromatic heterocycles. The second-order valence-electron chi connectivity index (χ2n) is 7.12. The van der Waals surface area contributed by atoms with Gasteiger partial charge in [0.15, 0.2) is 12.4 Å². The monoisotopic (exact) mass is 384 g/mol. The maximum Gasteiger partial charge on any atom is 0.338 e. The van der Waals surface area contributed by atoms with Crippen molar-refractivity contribution in [1.29, 1.82) is 0 Å². The number of furan rings is 1. The second-order valence-corrected chi connectivity index (χ2v) is 7.12. The van der Waals surface area contributed by atoms with E-state index in [0.717, 1.165) is 18.4 Å². The van der Waals surface area contributed by atoms with Crippen molar-refractivity contribution in [3.8, 4) is 0 Å². The zero-order chi connectivity index (χ0) is 20.1. The average molecular weight is 384 g/mol. The van der Waals surface area contributed by atoms with Crippen LogP contribution in [0.25, 0.3) is 0 Å². The fraction of sp³-hybridized carbons (Fsp3) is 0.381. The van der Waals surface area contributed by atoms with E-state index in [9.17, 15) is 14.4 Å². The van der Waals surface area contributed by atoms with E-state index >= 15 is 0 Å². The van der Waals surface area contributed by atoms with Crippen LogP contribution in [0.3, 0.4) is 0 Å². The van der Waals surface area contributed by atoms with Crippen LogP contribution in [0.2, 0.25) is 0 Å². The number of piperidine rings is 1. The highest BCUT2D eigenvalue weighted by Gasteiger charge is 2.22. The average Bonchev–Trinajstić information content (AvgIpc) is 3.22. The summed E-state index contributed by atoms with van der Waals surface area (Å²) in [5.74, 6) is -0.558. The van der Waals surface area contributed by atoms with Gasteiger partial charge in [0.05, 0.1) is 11.8 Å². The summed E-state index contributed by atoms with van der Waals surface area (Å²) in [5, 5.41) is 2.71. The number of likely N-dealkylation sites (tertiary alicyclic amines) is 1. The van der Waals surface area contributed by atoms with Crippen LogP contribution in [0, 0.1) is 12.8 Å². The number of esters is 1. The summed E-state index contributed by atoms with van der Waals surface area (Å²) >= 11 is 0. The van der Waals surface area contributed by atoms with Crippen molar-refractivity contribution in [3.05, 3.63) is 53.5 Å². The number of hydrogen-bond acceptors (Lipinski definition) is 5. The fourth-order valence-corrected chi connectivity index (χ4v) is 3.19. The van der Waals surface area contributed by atoms with Crippen LogP contribution in [0.15, 0.2) is 41.0 Å². The number of hydrogen-bond donors (Lipinski definition) is 1. The molecule has 0 radical (unpaired) electrons. The summed E-state index contributed by atoms with van der Waals surface area (Å²) < 4.78 is 10.3. The van der Waals surface area contributed by atoms with Gasteiger partial charge in [-0.2, -0.15) is 0 Å². The number of aryl methyl sites for hydroxylation is 1. The van der Waals surface area contributed by atoms with E-state index < -0.39 is 11.9 Å². The molecule has 0 saturated carbocycles. The molecule has 2 heterocycles. The van der Waals surface area contributed by atoms with Gasteiger partial charge in [-0.25, -0.2) is 4.79 Å². The summed E-state index contributed by atoms with van der Waals surface area (Å²) in [6, 6.07) is 8.02. The van der Waals surface area contributed by atoms with Crippen LogP contribution >= 0.6 is 0 Å². The number of nitrogens with one attached hydrogen (secondary N) is 1. The van der Waals surface area contributed by atoms with Crippen molar-refractivity contribution < 1.29 is 23.5 Å². The van der Waals surface area contributed by atoms with E-state index in [1.165, 1.54) is 12.3 Å². The Kier molecular flexibility index (Phi) is 6.13. The number of benzene rings is 1. The normalized spacial score (nSPS) is 16.5. The van der Waals surface area contributed by atoms with Crippen LogP contribution in [0.4, 0.5) is 5.69 Å². The molecule has 0 aliphatic carbocycles. The van der Waals surface area contributed by atoms with Gasteiger partial charge in [-0.1, -0.05) is 13.0 Å². The molecule has 1 atom stereocenters. The van der Waals surface area contributed by atoms with Crippen LogP contribution in [0.5, 0.6) is 0 Å². The van der Waals surface area contributed by atoms with Gasteiger partial charge in [-0.15, -0.1) is 0 Å². The third-order valence-electron chi connectivity index (χ3n) is 4.80. The molecular formula is C21H24N2O5. The predicted molar refractivity (Wildman–Crippen MR) is 103 cm³/mol. The highest BCUT2D eigenvalue weighted by Crippen LogP contribution is 2.19. The topological polar surface area (TPSA) is 88.9 Å². The summed E-state index contributed by atoms with van der Waals surface area (Å²) in [7, 11) is 0. The lowest BCUT2D eigenvalue weighted by molar-refractivity contribution is -0.136. The van der Waals surface area contributed by atoms with Gasteiger partial charge >= 0.3 is 5.97 Å². The highest BCUT2D eigenvalue weighted by molar-refractivity contribution is 6.03. The molecule has 0 bridgehead atoms. The van der Waals surface area contributed by atoms with Gasteiger partial charge < -0.3 is 19.4 Å². The molecule has 7 heteroatoms. The largest absolute Gasteiger partial charge is 0.459 e. The van der Waals surface area contributed by atoms with Crippen molar-refractivity contribution in [3.63, 3.8) is 0 Å². The summed E-state index contributed by atoms with van der Waals surface area (Å²) in [6.45, 7) is 5.04. The SMILES string of the molecule is Cc1ccc(C(=O)OCC(=O)N2CCC[C@@H](C)C2)cc1NC(=O)c1ccco1. The minimum atomic E-state index is -0.605. The molecule has 3 rings (SSSR count). The van der Waals surface area contributed by atoms with Gasteiger partial charge in [-0.05, 0) is 55.5 Å². The Morgan fingerprint density at radius 3 is 2.82 bits per heavy atom. The number of nitrogens with zero attached hydrogens (tertiary/aromatic N) is 1. The van der Waals surface area contributed by atoms with Crippen molar-refractivity contribution >= 4 is 23.5 Å². The molecular weight excluding hydrogens is 360 g/mol. The molecule has 1 saturated heterocycles. The van der Waals surface area contributed by atoms with E-state index in [0.29, 0.717) is 24.7 Å². The Labute approximate surface area is 163 Å². The number of anilines is 1. The minimum absolute atomic E-state index is 0.175. The first-order chi connectivity index (χ1) is 13.4. The van der Waals surface area contributed by atoms with Crippen molar-refractivity contribution in [2.45, 2.75) is 26.7 Å². The molecule has 148 valence electrons. The molecule has 1 N–H and O–H groups in total. The Morgan fingerprint density at radius 2 is 2.11 bits per heavy atom. The first kappa shape index (κ1) is 19.7. The number of carbonyl (C=O) groups excluding carboxylic acids is 3. The van der Waals surface area contributed by atoms with Crippen LogP contribution in [-0.2, 0) is 9.53 Å². The smallest absolute Gasteiger partial charge is 0.338 e. The minimum Gasteiger partial charge on any atom is -0.459 e. The molecule has 28 heavy (non-hydrogen) atoms. The lowest BCUT2D eigenvalue weighted by atomic mass is 10.0. The first-order valence-electron chi connectivity index (χ1n) is 9.34. The maximum atomic E-state index is 12.4. The highest BCUT2D eigenvalue weighted by atomic mass is 16.5. The van der Waals surface area contributed by atoms with Gasteiger partial charge in [-0.3, -0.25) is 9.59 Å². The summed E-state index contributed by atoms with van der Waals surface area (Å²) in [5.41, 5.74) is 1.53. The number of amides is 2. The van der Waals surface area contributed by atoms with Crippen molar-refractivity contribution in [1.82, 2.24) is 4.90 Å². The van der Waals surface area contributed by atoms with Crippen LogP contribution in [-0.4, -0.2) is 42.4 Å². The van der Waals surface area contributed by atoms with E-state index in [2.05, 4.69) is 12.2 Å². The Hall–Kier alpha value is -3.09. The van der Waals surface area contributed by atoms with Gasteiger partial charge in [0, 0.05) is 18.8 Å². The predicted octanol–water partition coefficient (Wildman–Crippen LogP) is 3.26. The Bertz CT molecular complexity index is 860. The Balaban J connectivity index is 1.60.